The van der Waals surface area contributed by atoms with E-state index in [1.807, 2.05) is 31.2 Å². The topological polar surface area (TPSA) is 66.5 Å². The lowest BCUT2D eigenvalue weighted by molar-refractivity contribution is -0.115. The SMILES string of the molecule is Cc1ccc(CC(=O)Nc2ccc3c(c2)C(=O)N(C)C3=O)cc1. The van der Waals surface area contributed by atoms with Gasteiger partial charge in [0.05, 0.1) is 17.5 Å². The maximum absolute atomic E-state index is 12.1. The van der Waals surface area contributed by atoms with Crippen molar-refractivity contribution < 1.29 is 14.4 Å². The summed E-state index contributed by atoms with van der Waals surface area (Å²) in [4.78, 5) is 37.0. The first-order valence-corrected chi connectivity index (χ1v) is 7.27. The predicted octanol–water partition coefficient (Wildman–Crippen LogP) is 2.40. The second kappa shape index (κ2) is 5.68. The average molecular weight is 308 g/mol. The summed E-state index contributed by atoms with van der Waals surface area (Å²) in [7, 11) is 1.44. The molecule has 5 heteroatoms. The van der Waals surface area contributed by atoms with Crippen LogP contribution in [-0.4, -0.2) is 29.7 Å². The molecule has 0 fully saturated rings. The Kier molecular flexibility index (Phi) is 3.70. The van der Waals surface area contributed by atoms with E-state index < -0.39 is 0 Å². The molecule has 0 saturated carbocycles. The molecule has 3 amide bonds. The van der Waals surface area contributed by atoms with Crippen LogP contribution >= 0.6 is 0 Å². The van der Waals surface area contributed by atoms with Crippen molar-refractivity contribution in [2.45, 2.75) is 13.3 Å². The first-order valence-electron chi connectivity index (χ1n) is 7.27. The highest BCUT2D eigenvalue weighted by Gasteiger charge is 2.32. The highest BCUT2D eigenvalue weighted by Crippen LogP contribution is 2.24. The van der Waals surface area contributed by atoms with Gasteiger partial charge in [0.2, 0.25) is 5.91 Å². The Balaban J connectivity index is 1.74. The molecule has 0 bridgehead atoms. The number of hydrogen-bond acceptors (Lipinski definition) is 3. The van der Waals surface area contributed by atoms with Gasteiger partial charge in [-0.25, -0.2) is 0 Å². The molecule has 0 unspecified atom stereocenters. The van der Waals surface area contributed by atoms with Crippen molar-refractivity contribution in [3.63, 3.8) is 0 Å². The largest absolute Gasteiger partial charge is 0.326 e. The molecule has 116 valence electrons. The maximum Gasteiger partial charge on any atom is 0.261 e. The van der Waals surface area contributed by atoms with Gasteiger partial charge < -0.3 is 5.32 Å². The zero-order valence-corrected chi connectivity index (χ0v) is 12.9. The predicted molar refractivity (Wildman–Crippen MR) is 86.4 cm³/mol. The number of benzene rings is 2. The van der Waals surface area contributed by atoms with Gasteiger partial charge in [0.15, 0.2) is 0 Å². The van der Waals surface area contributed by atoms with E-state index in [1.54, 1.807) is 18.2 Å². The lowest BCUT2D eigenvalue weighted by Crippen LogP contribution is -2.24. The zero-order chi connectivity index (χ0) is 16.6. The van der Waals surface area contributed by atoms with Crippen LogP contribution in [0.5, 0.6) is 0 Å². The van der Waals surface area contributed by atoms with E-state index in [1.165, 1.54) is 7.05 Å². The summed E-state index contributed by atoms with van der Waals surface area (Å²) in [5, 5.41) is 2.76. The molecule has 0 aliphatic carbocycles. The second-order valence-electron chi connectivity index (χ2n) is 5.64. The third kappa shape index (κ3) is 2.85. The summed E-state index contributed by atoms with van der Waals surface area (Å²) in [5.41, 5.74) is 3.26. The van der Waals surface area contributed by atoms with Crippen LogP contribution in [0.4, 0.5) is 5.69 Å². The second-order valence-corrected chi connectivity index (χ2v) is 5.64. The van der Waals surface area contributed by atoms with Gasteiger partial charge in [0, 0.05) is 12.7 Å². The number of rotatable bonds is 3. The lowest BCUT2D eigenvalue weighted by atomic mass is 10.1. The Morgan fingerprint density at radius 3 is 2.35 bits per heavy atom. The third-order valence-corrected chi connectivity index (χ3v) is 3.86. The minimum atomic E-state index is -0.348. The van der Waals surface area contributed by atoms with Gasteiger partial charge in [0.1, 0.15) is 0 Å². The smallest absolute Gasteiger partial charge is 0.261 e. The molecule has 0 spiro atoms. The minimum absolute atomic E-state index is 0.168. The van der Waals surface area contributed by atoms with E-state index in [2.05, 4.69) is 5.32 Å². The molecule has 2 aromatic carbocycles. The van der Waals surface area contributed by atoms with Gasteiger partial charge in [-0.05, 0) is 30.7 Å². The number of amides is 3. The molecule has 23 heavy (non-hydrogen) atoms. The Bertz CT molecular complexity index is 810. The molecule has 0 radical (unpaired) electrons. The lowest BCUT2D eigenvalue weighted by Gasteiger charge is -2.07. The molecule has 1 aliphatic heterocycles. The molecule has 1 aliphatic rings. The summed E-state index contributed by atoms with van der Waals surface area (Å²) in [6.45, 7) is 1.99. The Morgan fingerprint density at radius 2 is 1.65 bits per heavy atom. The number of imide groups is 1. The molecule has 1 heterocycles. The quantitative estimate of drug-likeness (QED) is 0.885. The third-order valence-electron chi connectivity index (χ3n) is 3.86. The van der Waals surface area contributed by atoms with E-state index in [-0.39, 0.29) is 24.1 Å². The van der Waals surface area contributed by atoms with Gasteiger partial charge in [-0.2, -0.15) is 0 Å². The van der Waals surface area contributed by atoms with Gasteiger partial charge in [-0.3, -0.25) is 19.3 Å². The Hall–Kier alpha value is -2.95. The fourth-order valence-electron chi connectivity index (χ4n) is 2.54. The number of carbonyl (C=O) groups is 3. The maximum atomic E-state index is 12.1. The summed E-state index contributed by atoms with van der Waals surface area (Å²) < 4.78 is 0. The molecule has 0 atom stereocenters. The number of fused-ring (bicyclic) bond motifs is 1. The summed E-state index contributed by atoms with van der Waals surface area (Å²) in [5.74, 6) is -0.832. The van der Waals surface area contributed by atoms with Crippen molar-refractivity contribution in [2.24, 2.45) is 0 Å². The Morgan fingerprint density at radius 1 is 1.00 bits per heavy atom. The molecule has 5 nitrogen and oxygen atoms in total. The van der Waals surface area contributed by atoms with Crippen LogP contribution in [0.2, 0.25) is 0 Å². The van der Waals surface area contributed by atoms with Crippen LogP contribution in [0, 0.1) is 6.92 Å². The Labute approximate surface area is 133 Å². The normalized spacial score (nSPS) is 13.2. The molecule has 1 N–H and O–H groups in total. The van der Waals surface area contributed by atoms with E-state index in [0.717, 1.165) is 16.0 Å². The first kappa shape index (κ1) is 15.0. The average Bonchev–Trinajstić information content (AvgIpc) is 2.74. The van der Waals surface area contributed by atoms with E-state index >= 15 is 0 Å². The summed E-state index contributed by atoms with van der Waals surface area (Å²) in [6, 6.07) is 12.5. The van der Waals surface area contributed by atoms with Crippen molar-refractivity contribution in [1.82, 2.24) is 4.90 Å². The minimum Gasteiger partial charge on any atom is -0.326 e. The van der Waals surface area contributed by atoms with Gasteiger partial charge >= 0.3 is 0 Å². The fraction of sp³-hybridized carbons (Fsp3) is 0.167. The molecule has 0 saturated heterocycles. The monoisotopic (exact) mass is 308 g/mol. The zero-order valence-electron chi connectivity index (χ0n) is 12.9. The molecule has 3 rings (SSSR count). The van der Waals surface area contributed by atoms with Crippen LogP contribution in [0.15, 0.2) is 42.5 Å². The van der Waals surface area contributed by atoms with Crippen LogP contribution in [0.1, 0.15) is 31.8 Å². The van der Waals surface area contributed by atoms with Gasteiger partial charge in [-0.1, -0.05) is 29.8 Å². The van der Waals surface area contributed by atoms with Crippen LogP contribution in [0.25, 0.3) is 0 Å². The molecule has 2 aromatic rings. The van der Waals surface area contributed by atoms with Crippen molar-refractivity contribution in [1.29, 1.82) is 0 Å². The number of nitrogens with zero attached hydrogens (tertiary/aromatic N) is 1. The van der Waals surface area contributed by atoms with Gasteiger partial charge in [0.25, 0.3) is 11.8 Å². The number of aryl methyl sites for hydroxylation is 1. The van der Waals surface area contributed by atoms with E-state index in [4.69, 9.17) is 0 Å². The van der Waals surface area contributed by atoms with Crippen molar-refractivity contribution in [3.05, 3.63) is 64.7 Å². The number of nitrogens with one attached hydrogen (secondary N) is 1. The van der Waals surface area contributed by atoms with Gasteiger partial charge in [-0.15, -0.1) is 0 Å². The van der Waals surface area contributed by atoms with Crippen LogP contribution < -0.4 is 5.32 Å². The highest BCUT2D eigenvalue weighted by molar-refractivity contribution is 6.21. The summed E-state index contributed by atoms with van der Waals surface area (Å²) >= 11 is 0. The highest BCUT2D eigenvalue weighted by atomic mass is 16.2. The number of anilines is 1. The first-order chi connectivity index (χ1) is 11.0. The standard InChI is InChI=1S/C18H16N2O3/c1-11-3-5-12(6-4-11)9-16(21)19-13-7-8-14-15(10-13)18(23)20(2)17(14)22/h3-8,10H,9H2,1-2H3,(H,19,21). The fourth-order valence-corrected chi connectivity index (χ4v) is 2.54. The van der Waals surface area contributed by atoms with Crippen molar-refractivity contribution >= 4 is 23.4 Å². The summed E-state index contributed by atoms with van der Waals surface area (Å²) in [6.07, 6.45) is 0.254. The molecular weight excluding hydrogens is 292 g/mol. The van der Waals surface area contributed by atoms with Crippen LogP contribution in [0.3, 0.4) is 0 Å². The van der Waals surface area contributed by atoms with Crippen molar-refractivity contribution in [2.75, 3.05) is 12.4 Å². The molecule has 0 aromatic heterocycles. The van der Waals surface area contributed by atoms with Crippen molar-refractivity contribution in [3.8, 4) is 0 Å². The number of hydrogen-bond donors (Lipinski definition) is 1. The number of carbonyl (C=O) groups excluding carboxylic acids is 3. The van der Waals surface area contributed by atoms with E-state index in [9.17, 15) is 14.4 Å². The molecular formula is C18H16N2O3. The van der Waals surface area contributed by atoms with E-state index in [0.29, 0.717) is 16.8 Å². The van der Waals surface area contributed by atoms with Crippen LogP contribution in [-0.2, 0) is 11.2 Å².